The van der Waals surface area contributed by atoms with E-state index in [0.29, 0.717) is 6.54 Å². The van der Waals surface area contributed by atoms with Crippen LogP contribution in [0.25, 0.3) is 0 Å². The molecule has 1 saturated carbocycles. The number of carbonyl (C=O) groups is 1. The van der Waals surface area contributed by atoms with E-state index in [4.69, 9.17) is 17.3 Å². The van der Waals surface area contributed by atoms with E-state index in [1.54, 1.807) is 0 Å². The largest absolute Gasteiger partial charge is 0.351 e. The molecule has 0 bridgehead atoms. The normalized spacial score (nSPS) is 24.6. The molecule has 2 unspecified atom stereocenters. The molecule has 1 aliphatic rings. The summed E-state index contributed by atoms with van der Waals surface area (Å²) in [5.41, 5.74) is 5.78. The van der Waals surface area contributed by atoms with E-state index in [2.05, 4.69) is 5.32 Å². The lowest BCUT2D eigenvalue weighted by Gasteiger charge is -2.09. The Balaban J connectivity index is 1.80. The van der Waals surface area contributed by atoms with Crippen LogP contribution in [0.1, 0.15) is 24.1 Å². The van der Waals surface area contributed by atoms with Crippen LogP contribution in [0.2, 0.25) is 4.34 Å². The minimum Gasteiger partial charge on any atom is -0.351 e. The fourth-order valence-electron chi connectivity index (χ4n) is 2.02. The van der Waals surface area contributed by atoms with Gasteiger partial charge in [-0.3, -0.25) is 4.79 Å². The summed E-state index contributed by atoms with van der Waals surface area (Å²) < 4.78 is 0.757. The number of hydrogen-bond donors (Lipinski definition) is 2. The van der Waals surface area contributed by atoms with Crippen LogP contribution < -0.4 is 11.1 Å². The first-order valence-corrected chi connectivity index (χ1v) is 6.62. The maximum atomic E-state index is 11.8. The lowest BCUT2D eigenvalue weighted by atomic mass is 10.1. The highest BCUT2D eigenvalue weighted by Gasteiger charge is 2.27. The summed E-state index contributed by atoms with van der Waals surface area (Å²) in [6.45, 7) is 0.571. The molecule has 1 amide bonds. The first-order chi connectivity index (χ1) is 7.65. The van der Waals surface area contributed by atoms with Crippen LogP contribution in [0.5, 0.6) is 0 Å². The number of rotatable bonds is 3. The second-order valence-corrected chi connectivity index (χ2v) is 5.99. The molecule has 0 saturated heterocycles. The highest BCUT2D eigenvalue weighted by atomic mass is 35.5. The van der Waals surface area contributed by atoms with Gasteiger partial charge in [0.1, 0.15) is 0 Å². The Morgan fingerprint density at radius 3 is 2.94 bits per heavy atom. The van der Waals surface area contributed by atoms with Crippen LogP contribution in [-0.2, 0) is 11.3 Å². The van der Waals surface area contributed by atoms with Gasteiger partial charge in [0, 0.05) is 16.8 Å². The Bertz CT molecular complexity index is 380. The predicted octanol–water partition coefficient (Wildman–Crippen LogP) is 2.15. The van der Waals surface area contributed by atoms with Gasteiger partial charge >= 0.3 is 0 Å². The van der Waals surface area contributed by atoms with Crippen LogP contribution in [-0.4, -0.2) is 11.9 Å². The van der Waals surface area contributed by atoms with Crippen molar-refractivity contribution in [2.24, 2.45) is 11.7 Å². The van der Waals surface area contributed by atoms with Crippen molar-refractivity contribution in [3.63, 3.8) is 0 Å². The smallest absolute Gasteiger partial charge is 0.223 e. The monoisotopic (exact) mass is 258 g/mol. The maximum absolute atomic E-state index is 11.8. The van der Waals surface area contributed by atoms with Crippen molar-refractivity contribution in [1.82, 2.24) is 5.32 Å². The highest BCUT2D eigenvalue weighted by molar-refractivity contribution is 7.16. The molecule has 1 heterocycles. The van der Waals surface area contributed by atoms with E-state index in [9.17, 15) is 4.79 Å². The van der Waals surface area contributed by atoms with Gasteiger partial charge in [-0.2, -0.15) is 0 Å². The van der Waals surface area contributed by atoms with E-state index in [1.165, 1.54) is 11.3 Å². The van der Waals surface area contributed by atoms with Crippen LogP contribution in [0, 0.1) is 5.92 Å². The summed E-state index contributed by atoms with van der Waals surface area (Å²) >= 11 is 7.31. The Hall–Kier alpha value is -0.580. The molecule has 5 heteroatoms. The van der Waals surface area contributed by atoms with Crippen molar-refractivity contribution >= 4 is 28.8 Å². The van der Waals surface area contributed by atoms with Crippen molar-refractivity contribution in [3.05, 3.63) is 21.3 Å². The van der Waals surface area contributed by atoms with Gasteiger partial charge in [-0.05, 0) is 31.4 Å². The number of amides is 1. The van der Waals surface area contributed by atoms with Crippen LogP contribution in [0.4, 0.5) is 0 Å². The number of nitrogens with one attached hydrogen (secondary N) is 1. The molecule has 16 heavy (non-hydrogen) atoms. The summed E-state index contributed by atoms with van der Waals surface area (Å²) in [5.74, 6) is 0.225. The molecule has 0 radical (unpaired) electrons. The zero-order valence-corrected chi connectivity index (χ0v) is 10.5. The lowest BCUT2D eigenvalue weighted by Crippen LogP contribution is -2.29. The number of nitrogens with two attached hydrogens (primary N) is 1. The summed E-state index contributed by atoms with van der Waals surface area (Å²) in [6, 6.07) is 3.99. The van der Waals surface area contributed by atoms with E-state index in [1.807, 2.05) is 12.1 Å². The van der Waals surface area contributed by atoms with Gasteiger partial charge in [0.15, 0.2) is 0 Å². The number of carbonyl (C=O) groups excluding carboxylic acids is 1. The molecule has 1 fully saturated rings. The Morgan fingerprint density at radius 2 is 2.38 bits per heavy atom. The van der Waals surface area contributed by atoms with E-state index >= 15 is 0 Å². The topological polar surface area (TPSA) is 55.1 Å². The minimum absolute atomic E-state index is 0.102. The third-order valence-corrected chi connectivity index (χ3v) is 4.14. The second kappa shape index (κ2) is 5.17. The van der Waals surface area contributed by atoms with Gasteiger partial charge in [0.2, 0.25) is 5.91 Å². The van der Waals surface area contributed by atoms with Crippen LogP contribution >= 0.6 is 22.9 Å². The zero-order valence-electron chi connectivity index (χ0n) is 8.91. The molecular weight excluding hydrogens is 244 g/mol. The van der Waals surface area contributed by atoms with Crippen molar-refractivity contribution < 1.29 is 4.79 Å². The molecule has 0 spiro atoms. The van der Waals surface area contributed by atoms with Crippen molar-refractivity contribution in [2.45, 2.75) is 31.8 Å². The summed E-state index contributed by atoms with van der Waals surface area (Å²) in [4.78, 5) is 12.9. The zero-order chi connectivity index (χ0) is 11.5. The standard InChI is InChI=1S/C11H15ClN2OS/c12-10-4-3-9(16-10)6-14-11(15)7-1-2-8(13)5-7/h3-4,7-8H,1-2,5-6,13H2,(H,14,15). The van der Waals surface area contributed by atoms with Gasteiger partial charge in [-0.1, -0.05) is 11.6 Å². The molecule has 2 rings (SSSR count). The fraction of sp³-hybridized carbons (Fsp3) is 0.545. The summed E-state index contributed by atoms with van der Waals surface area (Å²) in [6.07, 6.45) is 2.69. The first kappa shape index (κ1) is 11.9. The highest BCUT2D eigenvalue weighted by Crippen LogP contribution is 2.25. The summed E-state index contributed by atoms with van der Waals surface area (Å²) in [5, 5.41) is 2.93. The minimum atomic E-state index is 0.102. The first-order valence-electron chi connectivity index (χ1n) is 5.42. The number of thiophene rings is 1. The lowest BCUT2D eigenvalue weighted by molar-refractivity contribution is -0.124. The van der Waals surface area contributed by atoms with E-state index in [-0.39, 0.29) is 17.9 Å². The fourth-order valence-corrected chi connectivity index (χ4v) is 3.05. The van der Waals surface area contributed by atoms with Gasteiger partial charge in [-0.25, -0.2) is 0 Å². The van der Waals surface area contributed by atoms with Gasteiger partial charge in [0.05, 0.1) is 10.9 Å². The number of hydrogen-bond acceptors (Lipinski definition) is 3. The summed E-state index contributed by atoms with van der Waals surface area (Å²) in [7, 11) is 0. The molecule has 0 aromatic carbocycles. The van der Waals surface area contributed by atoms with Crippen molar-refractivity contribution in [2.75, 3.05) is 0 Å². The molecule has 1 aromatic heterocycles. The molecule has 3 nitrogen and oxygen atoms in total. The van der Waals surface area contributed by atoms with Gasteiger partial charge in [0.25, 0.3) is 0 Å². The average Bonchev–Trinajstić information content (AvgIpc) is 2.84. The third kappa shape index (κ3) is 2.97. The predicted molar refractivity (Wildman–Crippen MR) is 66.5 cm³/mol. The molecule has 1 aromatic rings. The van der Waals surface area contributed by atoms with Gasteiger partial charge in [-0.15, -0.1) is 11.3 Å². The van der Waals surface area contributed by atoms with Crippen molar-refractivity contribution in [3.8, 4) is 0 Å². The molecule has 1 aliphatic carbocycles. The molecule has 88 valence electrons. The molecular formula is C11H15ClN2OS. The molecule has 0 aliphatic heterocycles. The quantitative estimate of drug-likeness (QED) is 0.873. The van der Waals surface area contributed by atoms with E-state index in [0.717, 1.165) is 28.5 Å². The SMILES string of the molecule is NC1CCC(C(=O)NCc2ccc(Cl)s2)C1. The Morgan fingerprint density at radius 1 is 1.56 bits per heavy atom. The average molecular weight is 259 g/mol. The molecule has 3 N–H and O–H groups in total. The Labute approximate surface area is 104 Å². The van der Waals surface area contributed by atoms with Crippen LogP contribution in [0.3, 0.4) is 0 Å². The third-order valence-electron chi connectivity index (χ3n) is 2.91. The van der Waals surface area contributed by atoms with E-state index < -0.39 is 0 Å². The van der Waals surface area contributed by atoms with Gasteiger partial charge < -0.3 is 11.1 Å². The molecule has 2 atom stereocenters. The van der Waals surface area contributed by atoms with Crippen molar-refractivity contribution in [1.29, 1.82) is 0 Å². The Kier molecular flexibility index (Phi) is 3.84. The van der Waals surface area contributed by atoms with Crippen LogP contribution in [0.15, 0.2) is 12.1 Å². The second-order valence-electron chi connectivity index (χ2n) is 4.19. The number of halogens is 1. The maximum Gasteiger partial charge on any atom is 0.223 e.